The first-order chi connectivity index (χ1) is 41.1. The van der Waals surface area contributed by atoms with Crippen LogP contribution in [0, 0.1) is 0 Å². The monoisotopic (exact) mass is 1190 g/mol. The third-order valence-corrected chi connectivity index (χ3v) is 17.0. The minimum absolute atomic E-state index is 0.245. The molecule has 0 aromatic carbocycles. The van der Waals surface area contributed by atoms with Gasteiger partial charge in [0.15, 0.2) is 12.6 Å². The smallest absolute Gasteiger partial charge is 0.220 e. The standard InChI is InChI=1S/C70H129NO13/c1-3-5-7-9-11-13-15-17-19-21-23-24-25-26-27-28-29-30-31-32-33-34-36-38-40-42-44-46-48-50-52-54-62(75)71-58(59(74)53-51-49-47-45-43-41-39-37-35-22-20-18-16-14-12-10-8-6-4-2)57-81-69-67(80)65(78)68(61(56-73)83-69)84-70-66(79)64(77)63(76)60(55-72)82-70/h15,17,21,23,43,45,51,53,58-61,63-70,72-74,76-80H,3-14,16,18-20,22,24-42,44,46-50,52,54-57H2,1-2H3,(H,71,75)/b17-15-,23-21-,45-43+,53-51+. The van der Waals surface area contributed by atoms with E-state index in [1.54, 1.807) is 6.08 Å². The number of aliphatic hydroxyl groups excluding tert-OH is 8. The van der Waals surface area contributed by atoms with Crippen molar-refractivity contribution in [2.24, 2.45) is 0 Å². The first-order valence-corrected chi connectivity index (χ1v) is 34.9. The Kier molecular flexibility index (Phi) is 51.1. The van der Waals surface area contributed by atoms with Crippen LogP contribution < -0.4 is 5.32 Å². The number of nitrogens with one attached hydrogen (secondary N) is 1. The Balaban J connectivity index is 1.66. The van der Waals surface area contributed by atoms with Crippen molar-refractivity contribution >= 4 is 5.91 Å². The van der Waals surface area contributed by atoms with Crippen LogP contribution in [0.3, 0.4) is 0 Å². The summed E-state index contributed by atoms with van der Waals surface area (Å²) < 4.78 is 22.8. The van der Waals surface area contributed by atoms with E-state index in [2.05, 4.69) is 55.6 Å². The second-order valence-electron chi connectivity index (χ2n) is 24.6. The predicted molar refractivity (Wildman–Crippen MR) is 341 cm³/mol. The summed E-state index contributed by atoms with van der Waals surface area (Å²) in [5, 5.41) is 87.3. The van der Waals surface area contributed by atoms with Crippen molar-refractivity contribution in [3.05, 3.63) is 48.6 Å². The molecule has 492 valence electrons. The molecule has 14 heteroatoms. The van der Waals surface area contributed by atoms with E-state index < -0.39 is 86.8 Å². The van der Waals surface area contributed by atoms with Crippen LogP contribution in [-0.4, -0.2) is 140 Å². The Morgan fingerprint density at radius 2 is 0.798 bits per heavy atom. The SMILES string of the molecule is CCCCCCC/C=C\C/C=C\CCCCCCCCCCCCCCCCCCCCCC(=O)NC(COC1OC(CO)C(OC2OC(CO)C(O)C(O)C2O)C(O)C1O)C(O)/C=C/CC/C=C/CCCCCCCCCCCCCCC. The van der Waals surface area contributed by atoms with E-state index in [1.165, 1.54) is 225 Å². The molecule has 12 unspecified atom stereocenters. The number of amides is 1. The van der Waals surface area contributed by atoms with Gasteiger partial charge in [-0.15, -0.1) is 0 Å². The van der Waals surface area contributed by atoms with Gasteiger partial charge in [-0.05, 0) is 64.2 Å². The maximum absolute atomic E-state index is 13.3. The number of rotatable bonds is 57. The Morgan fingerprint density at radius 1 is 0.429 bits per heavy atom. The quantitative estimate of drug-likeness (QED) is 0.0204. The van der Waals surface area contributed by atoms with Crippen LogP contribution >= 0.6 is 0 Å². The van der Waals surface area contributed by atoms with E-state index in [0.717, 1.165) is 38.5 Å². The minimum atomic E-state index is -1.79. The van der Waals surface area contributed by atoms with E-state index >= 15 is 0 Å². The molecule has 9 N–H and O–H groups in total. The Morgan fingerprint density at radius 3 is 1.24 bits per heavy atom. The fourth-order valence-electron chi connectivity index (χ4n) is 11.4. The highest BCUT2D eigenvalue weighted by Crippen LogP contribution is 2.30. The summed E-state index contributed by atoms with van der Waals surface area (Å²) in [4.78, 5) is 13.3. The molecule has 0 saturated carbocycles. The van der Waals surface area contributed by atoms with Gasteiger partial charge in [-0.3, -0.25) is 4.79 Å². The predicted octanol–water partition coefficient (Wildman–Crippen LogP) is 13.9. The highest BCUT2D eigenvalue weighted by Gasteiger charge is 2.51. The lowest BCUT2D eigenvalue weighted by Gasteiger charge is -2.46. The largest absolute Gasteiger partial charge is 0.394 e. The van der Waals surface area contributed by atoms with Crippen LogP contribution in [0.2, 0.25) is 0 Å². The van der Waals surface area contributed by atoms with E-state index in [4.69, 9.17) is 18.9 Å². The summed E-state index contributed by atoms with van der Waals surface area (Å²) in [7, 11) is 0. The van der Waals surface area contributed by atoms with Gasteiger partial charge in [-0.2, -0.15) is 0 Å². The summed E-state index contributed by atoms with van der Waals surface area (Å²) in [5.41, 5.74) is 0. The number of allylic oxidation sites excluding steroid dienone is 7. The molecule has 2 aliphatic heterocycles. The molecule has 14 nitrogen and oxygen atoms in total. The maximum Gasteiger partial charge on any atom is 0.220 e. The fourth-order valence-corrected chi connectivity index (χ4v) is 11.4. The lowest BCUT2D eigenvalue weighted by atomic mass is 9.97. The summed E-state index contributed by atoms with van der Waals surface area (Å²) in [6.45, 7) is 2.80. The number of hydrogen-bond donors (Lipinski definition) is 9. The van der Waals surface area contributed by atoms with E-state index in [9.17, 15) is 45.6 Å². The van der Waals surface area contributed by atoms with Gasteiger partial charge in [-0.25, -0.2) is 0 Å². The van der Waals surface area contributed by atoms with Crippen molar-refractivity contribution in [1.82, 2.24) is 5.32 Å². The maximum atomic E-state index is 13.3. The molecular formula is C70H129NO13. The molecule has 1 amide bonds. The summed E-state index contributed by atoms with van der Waals surface area (Å²) in [6.07, 6.45) is 54.6. The average Bonchev–Trinajstić information content (AvgIpc) is 3.18. The Labute approximate surface area is 512 Å². The molecule has 0 aliphatic carbocycles. The molecule has 2 heterocycles. The van der Waals surface area contributed by atoms with Crippen LogP contribution in [0.25, 0.3) is 0 Å². The Bertz CT molecular complexity index is 1590. The van der Waals surface area contributed by atoms with Gasteiger partial charge in [-0.1, -0.05) is 274 Å². The lowest BCUT2D eigenvalue weighted by molar-refractivity contribution is -0.359. The van der Waals surface area contributed by atoms with Crippen LogP contribution in [0.5, 0.6) is 0 Å². The molecule has 0 aromatic rings. The highest BCUT2D eigenvalue weighted by molar-refractivity contribution is 5.76. The van der Waals surface area contributed by atoms with Crippen molar-refractivity contribution in [2.75, 3.05) is 19.8 Å². The molecule has 2 aliphatic rings. The minimum Gasteiger partial charge on any atom is -0.394 e. The molecule has 2 fully saturated rings. The van der Waals surface area contributed by atoms with Gasteiger partial charge >= 0.3 is 0 Å². The van der Waals surface area contributed by atoms with E-state index in [-0.39, 0.29) is 18.9 Å². The zero-order chi connectivity index (χ0) is 60.9. The topological polar surface area (TPSA) is 228 Å². The zero-order valence-corrected chi connectivity index (χ0v) is 53.4. The molecular weight excluding hydrogens is 1060 g/mol. The van der Waals surface area contributed by atoms with Gasteiger partial charge < -0.3 is 65.1 Å². The third-order valence-electron chi connectivity index (χ3n) is 17.0. The van der Waals surface area contributed by atoms with Crippen LogP contribution in [0.1, 0.15) is 296 Å². The van der Waals surface area contributed by atoms with Gasteiger partial charge in [0.2, 0.25) is 5.91 Å². The number of ether oxygens (including phenoxy) is 4. The molecule has 2 rings (SSSR count). The number of carbonyl (C=O) groups is 1. The molecule has 12 atom stereocenters. The summed E-state index contributed by atoms with van der Waals surface area (Å²) in [6, 6.07) is -0.932. The first kappa shape index (κ1) is 78.0. The summed E-state index contributed by atoms with van der Waals surface area (Å²) in [5.74, 6) is -0.245. The average molecular weight is 1190 g/mol. The van der Waals surface area contributed by atoms with Crippen molar-refractivity contribution < 1.29 is 64.6 Å². The first-order valence-electron chi connectivity index (χ1n) is 34.9. The lowest BCUT2D eigenvalue weighted by Crippen LogP contribution is -2.65. The van der Waals surface area contributed by atoms with E-state index in [1.807, 2.05) is 6.08 Å². The number of hydrogen-bond acceptors (Lipinski definition) is 13. The summed E-state index contributed by atoms with van der Waals surface area (Å²) >= 11 is 0. The third kappa shape index (κ3) is 39.1. The zero-order valence-electron chi connectivity index (χ0n) is 53.4. The normalized spacial score (nSPS) is 23.9. The molecule has 84 heavy (non-hydrogen) atoms. The van der Waals surface area contributed by atoms with Crippen LogP contribution in [-0.2, 0) is 23.7 Å². The molecule has 0 bridgehead atoms. The molecule has 0 aromatic heterocycles. The van der Waals surface area contributed by atoms with Crippen LogP contribution in [0.15, 0.2) is 48.6 Å². The molecule has 2 saturated heterocycles. The van der Waals surface area contributed by atoms with Gasteiger partial charge in [0.25, 0.3) is 0 Å². The second-order valence-corrected chi connectivity index (χ2v) is 24.6. The highest BCUT2D eigenvalue weighted by atomic mass is 16.7. The van der Waals surface area contributed by atoms with Crippen LogP contribution in [0.4, 0.5) is 0 Å². The molecule has 0 radical (unpaired) electrons. The van der Waals surface area contributed by atoms with Gasteiger partial charge in [0.1, 0.15) is 48.8 Å². The van der Waals surface area contributed by atoms with Crippen molar-refractivity contribution in [3.8, 4) is 0 Å². The number of carbonyl (C=O) groups excluding carboxylic acids is 1. The van der Waals surface area contributed by atoms with E-state index in [0.29, 0.717) is 12.8 Å². The van der Waals surface area contributed by atoms with Gasteiger partial charge in [0.05, 0.1) is 32.0 Å². The van der Waals surface area contributed by atoms with Crippen molar-refractivity contribution in [2.45, 2.75) is 370 Å². The Hall–Kier alpha value is -2.05. The van der Waals surface area contributed by atoms with Crippen molar-refractivity contribution in [1.29, 1.82) is 0 Å². The second kappa shape index (κ2) is 55.1. The van der Waals surface area contributed by atoms with Gasteiger partial charge in [0, 0.05) is 6.42 Å². The van der Waals surface area contributed by atoms with Crippen molar-refractivity contribution in [3.63, 3.8) is 0 Å². The fraction of sp³-hybridized carbons (Fsp3) is 0.871. The number of aliphatic hydroxyl groups is 8. The molecule has 0 spiro atoms. The number of unbranched alkanes of at least 4 members (excludes halogenated alkanes) is 38.